The Morgan fingerprint density at radius 1 is 1.25 bits per heavy atom. The number of carbonyl (C=O) groups is 1. The lowest BCUT2D eigenvalue weighted by Gasteiger charge is -2.31. The van der Waals surface area contributed by atoms with E-state index in [4.69, 9.17) is 28.9 Å². The van der Waals surface area contributed by atoms with Gasteiger partial charge in [0.1, 0.15) is 0 Å². The molecule has 24 heavy (non-hydrogen) atoms. The molecule has 2 aromatic rings. The van der Waals surface area contributed by atoms with Gasteiger partial charge in [-0.15, -0.1) is 12.4 Å². The molecule has 1 amide bonds. The first-order valence-electron chi connectivity index (χ1n) is 7.48. The number of aromatic nitrogens is 2. The van der Waals surface area contributed by atoms with Gasteiger partial charge in [-0.1, -0.05) is 37.0 Å². The van der Waals surface area contributed by atoms with Crippen molar-refractivity contribution in [3.8, 4) is 5.69 Å². The van der Waals surface area contributed by atoms with Gasteiger partial charge in [0.05, 0.1) is 21.3 Å². The Bertz CT molecular complexity index is 690. The molecule has 5 nitrogen and oxygen atoms in total. The number of hydrogen-bond acceptors (Lipinski definition) is 3. The van der Waals surface area contributed by atoms with Gasteiger partial charge < -0.3 is 11.1 Å². The summed E-state index contributed by atoms with van der Waals surface area (Å²) in [4.78, 5) is 12.4. The third kappa shape index (κ3) is 4.42. The van der Waals surface area contributed by atoms with Crippen molar-refractivity contribution in [1.82, 2.24) is 15.1 Å². The van der Waals surface area contributed by atoms with Crippen LogP contribution in [0.4, 0.5) is 0 Å². The molecule has 8 heteroatoms. The van der Waals surface area contributed by atoms with Gasteiger partial charge in [0, 0.05) is 12.7 Å². The fourth-order valence-corrected chi connectivity index (χ4v) is 2.58. The number of nitrogens with one attached hydrogen (secondary N) is 1. The van der Waals surface area contributed by atoms with Crippen molar-refractivity contribution >= 4 is 41.5 Å². The fraction of sp³-hybridized carbons (Fsp3) is 0.375. The molecule has 1 aromatic carbocycles. The van der Waals surface area contributed by atoms with Gasteiger partial charge >= 0.3 is 0 Å². The summed E-state index contributed by atoms with van der Waals surface area (Å²) >= 11 is 11.9. The number of halogens is 3. The predicted octanol–water partition coefficient (Wildman–Crippen LogP) is 3.85. The average Bonchev–Trinajstić information content (AvgIpc) is 3.05. The molecule has 0 radical (unpaired) electrons. The summed E-state index contributed by atoms with van der Waals surface area (Å²) < 4.78 is 1.58. The van der Waals surface area contributed by atoms with E-state index in [0.717, 1.165) is 18.5 Å². The minimum absolute atomic E-state index is 0. The highest BCUT2D eigenvalue weighted by Gasteiger charge is 2.27. The maximum Gasteiger partial charge on any atom is 0.272 e. The van der Waals surface area contributed by atoms with Crippen LogP contribution in [0, 0.1) is 0 Å². The lowest BCUT2D eigenvalue weighted by molar-refractivity contribution is 0.0889. The van der Waals surface area contributed by atoms with Gasteiger partial charge in [0.15, 0.2) is 5.69 Å². The van der Waals surface area contributed by atoms with Crippen molar-refractivity contribution in [1.29, 1.82) is 0 Å². The third-order valence-electron chi connectivity index (χ3n) is 4.11. The smallest absolute Gasteiger partial charge is 0.272 e. The lowest BCUT2D eigenvalue weighted by Crippen LogP contribution is -2.53. The van der Waals surface area contributed by atoms with Gasteiger partial charge in [-0.3, -0.25) is 4.79 Å². The van der Waals surface area contributed by atoms with Crippen LogP contribution in [-0.4, -0.2) is 27.8 Å². The van der Waals surface area contributed by atoms with Crippen molar-refractivity contribution < 1.29 is 4.79 Å². The van der Waals surface area contributed by atoms with E-state index in [9.17, 15) is 4.79 Å². The lowest BCUT2D eigenvalue weighted by atomic mass is 9.93. The Kier molecular flexibility index (Phi) is 7.55. The van der Waals surface area contributed by atoms with E-state index >= 15 is 0 Å². The maximum absolute atomic E-state index is 12.4. The highest BCUT2D eigenvalue weighted by atomic mass is 35.5. The van der Waals surface area contributed by atoms with E-state index in [1.807, 2.05) is 13.8 Å². The second kappa shape index (κ2) is 8.72. The van der Waals surface area contributed by atoms with Crippen LogP contribution >= 0.6 is 35.6 Å². The van der Waals surface area contributed by atoms with E-state index in [1.54, 1.807) is 35.1 Å². The van der Waals surface area contributed by atoms with Crippen LogP contribution in [0.25, 0.3) is 5.69 Å². The van der Waals surface area contributed by atoms with Crippen LogP contribution in [0.1, 0.15) is 37.2 Å². The molecule has 0 aliphatic heterocycles. The van der Waals surface area contributed by atoms with Gasteiger partial charge in [-0.05, 0) is 37.1 Å². The molecule has 0 atom stereocenters. The van der Waals surface area contributed by atoms with Crippen LogP contribution in [0.2, 0.25) is 10.0 Å². The Hall–Kier alpha value is -1.27. The molecule has 132 valence electrons. The van der Waals surface area contributed by atoms with E-state index < -0.39 is 5.54 Å². The summed E-state index contributed by atoms with van der Waals surface area (Å²) in [5.74, 6) is -0.238. The van der Waals surface area contributed by atoms with Crippen molar-refractivity contribution in [3.63, 3.8) is 0 Å². The summed E-state index contributed by atoms with van der Waals surface area (Å²) in [6.45, 7) is 4.40. The number of nitrogens with zero attached hydrogens (tertiary/aromatic N) is 2. The van der Waals surface area contributed by atoms with Gasteiger partial charge in [0.2, 0.25) is 0 Å². The summed E-state index contributed by atoms with van der Waals surface area (Å²) in [6.07, 6.45) is 3.23. The van der Waals surface area contributed by atoms with E-state index in [0.29, 0.717) is 22.3 Å². The Labute approximate surface area is 157 Å². The molecule has 0 unspecified atom stereocenters. The molecular weight excluding hydrogens is 371 g/mol. The van der Waals surface area contributed by atoms with E-state index in [2.05, 4.69) is 10.4 Å². The average molecular weight is 392 g/mol. The Balaban J connectivity index is 0.00000288. The molecule has 0 bridgehead atoms. The number of amides is 1. The van der Waals surface area contributed by atoms with Crippen LogP contribution in [0.5, 0.6) is 0 Å². The highest BCUT2D eigenvalue weighted by Crippen LogP contribution is 2.24. The maximum atomic E-state index is 12.4. The first kappa shape index (κ1) is 20.8. The van der Waals surface area contributed by atoms with Gasteiger partial charge in [-0.2, -0.15) is 5.10 Å². The van der Waals surface area contributed by atoms with E-state index in [1.165, 1.54) is 0 Å². The van der Waals surface area contributed by atoms with Crippen molar-refractivity contribution in [3.05, 3.63) is 46.2 Å². The molecule has 0 saturated heterocycles. The molecular formula is C16H21Cl3N4O. The molecule has 0 fully saturated rings. The van der Waals surface area contributed by atoms with Crippen LogP contribution in [0.15, 0.2) is 30.5 Å². The summed E-state index contributed by atoms with van der Waals surface area (Å²) in [5, 5.41) is 8.20. The molecule has 1 heterocycles. The molecule has 0 saturated carbocycles. The standard InChI is InChI=1S/C16H20Cl2N4O.ClH/c1-3-16(4-2,10-19)20-15(23)14-7-8-22(21-14)11-5-6-12(17)13(18)9-11;/h5-9H,3-4,10,19H2,1-2H3,(H,20,23);1H. The highest BCUT2D eigenvalue weighted by molar-refractivity contribution is 6.42. The molecule has 2 rings (SSSR count). The number of benzene rings is 1. The summed E-state index contributed by atoms with van der Waals surface area (Å²) in [5.41, 5.74) is 6.48. The summed E-state index contributed by atoms with van der Waals surface area (Å²) in [6, 6.07) is 6.82. The number of rotatable bonds is 6. The van der Waals surface area contributed by atoms with Crippen molar-refractivity contribution in [2.75, 3.05) is 6.54 Å². The molecule has 0 aliphatic rings. The summed E-state index contributed by atoms with van der Waals surface area (Å²) in [7, 11) is 0. The third-order valence-corrected chi connectivity index (χ3v) is 4.85. The number of nitrogens with two attached hydrogens (primary N) is 1. The normalized spacial score (nSPS) is 11.0. The predicted molar refractivity (Wildman–Crippen MR) is 101 cm³/mol. The van der Waals surface area contributed by atoms with Gasteiger partial charge in [0.25, 0.3) is 5.91 Å². The molecule has 0 aliphatic carbocycles. The van der Waals surface area contributed by atoms with Crippen LogP contribution in [0.3, 0.4) is 0 Å². The van der Waals surface area contributed by atoms with Crippen LogP contribution < -0.4 is 11.1 Å². The molecule has 1 aromatic heterocycles. The van der Waals surface area contributed by atoms with E-state index in [-0.39, 0.29) is 18.3 Å². The monoisotopic (exact) mass is 390 g/mol. The fourth-order valence-electron chi connectivity index (χ4n) is 2.29. The first-order chi connectivity index (χ1) is 10.9. The zero-order chi connectivity index (χ0) is 17.0. The largest absolute Gasteiger partial charge is 0.344 e. The SMILES string of the molecule is CCC(CC)(CN)NC(=O)c1ccn(-c2ccc(Cl)c(Cl)c2)n1.Cl. The minimum Gasteiger partial charge on any atom is -0.344 e. The Morgan fingerprint density at radius 3 is 2.46 bits per heavy atom. The molecule has 3 N–H and O–H groups in total. The Morgan fingerprint density at radius 2 is 1.92 bits per heavy atom. The minimum atomic E-state index is -0.398. The van der Waals surface area contributed by atoms with Crippen LogP contribution in [-0.2, 0) is 0 Å². The second-order valence-electron chi connectivity index (χ2n) is 5.39. The zero-order valence-electron chi connectivity index (χ0n) is 13.6. The topological polar surface area (TPSA) is 72.9 Å². The molecule has 0 spiro atoms. The van der Waals surface area contributed by atoms with Crippen molar-refractivity contribution in [2.24, 2.45) is 5.73 Å². The van der Waals surface area contributed by atoms with Crippen molar-refractivity contribution in [2.45, 2.75) is 32.2 Å². The first-order valence-corrected chi connectivity index (χ1v) is 8.24. The quantitative estimate of drug-likeness (QED) is 0.785. The van der Waals surface area contributed by atoms with Gasteiger partial charge in [-0.25, -0.2) is 4.68 Å². The number of carbonyl (C=O) groups excluding carboxylic acids is 1. The number of hydrogen-bond donors (Lipinski definition) is 2. The zero-order valence-corrected chi connectivity index (χ0v) is 15.9. The second-order valence-corrected chi connectivity index (χ2v) is 6.20.